The van der Waals surface area contributed by atoms with Crippen LogP contribution in [0.5, 0.6) is 0 Å². The molecule has 0 unspecified atom stereocenters. The van der Waals surface area contributed by atoms with Gasteiger partial charge in [-0.1, -0.05) is 51.4 Å². The molecule has 1 fully saturated rings. The highest BCUT2D eigenvalue weighted by Gasteiger charge is 2.53. The lowest BCUT2D eigenvalue weighted by molar-refractivity contribution is -0.203. The fraction of sp³-hybridized carbons (Fsp3) is 0.667. The molecule has 3 amide bonds. The Morgan fingerprint density at radius 2 is 1.81 bits per heavy atom. The first-order valence-electron chi connectivity index (χ1n) is 12.0. The lowest BCUT2D eigenvalue weighted by Crippen LogP contribution is -2.62. The maximum Gasteiger partial charge on any atom is 0.471 e. The number of carbonyl (C=O) groups excluding carboxylic acids is 2. The number of hydrogen-bond acceptors (Lipinski definition) is 6. The van der Waals surface area contributed by atoms with Gasteiger partial charge in [0, 0.05) is 30.1 Å². The van der Waals surface area contributed by atoms with Gasteiger partial charge in [0.25, 0.3) is 0 Å². The van der Waals surface area contributed by atoms with Crippen molar-refractivity contribution in [2.24, 2.45) is 11.3 Å². The summed E-state index contributed by atoms with van der Waals surface area (Å²) in [5, 5.41) is 15.7. The number of nitrogens with one attached hydrogen (secondary N) is 2. The van der Waals surface area contributed by atoms with Crippen molar-refractivity contribution < 1.29 is 38.3 Å². The van der Waals surface area contributed by atoms with E-state index in [1.165, 1.54) is 0 Å². The minimum Gasteiger partial charge on any atom is -0.389 e. The molecule has 1 aromatic rings. The van der Waals surface area contributed by atoms with Gasteiger partial charge in [-0.2, -0.15) is 0 Å². The fourth-order valence-corrected chi connectivity index (χ4v) is 4.82. The summed E-state index contributed by atoms with van der Waals surface area (Å²) in [6.45, 7) is 10.4. The van der Waals surface area contributed by atoms with Gasteiger partial charge < -0.3 is 35.2 Å². The molecule has 1 heterocycles. The first-order chi connectivity index (χ1) is 16.9. The average Bonchev–Trinajstić information content (AvgIpc) is 2.75. The first kappa shape index (κ1) is 31.5. The quantitative estimate of drug-likeness (QED) is 0.215. The number of benzene rings is 1. The molecule has 0 aliphatic carbocycles. The van der Waals surface area contributed by atoms with Crippen molar-refractivity contribution in [2.45, 2.75) is 65.2 Å². The van der Waals surface area contributed by atoms with Crippen molar-refractivity contribution in [1.82, 2.24) is 15.5 Å². The van der Waals surface area contributed by atoms with E-state index in [4.69, 9.17) is 26.1 Å². The fourth-order valence-electron chi connectivity index (χ4n) is 4.50. The number of phosphoric acid groups is 1. The number of halogens is 1. The molecule has 210 valence electrons. The van der Waals surface area contributed by atoms with E-state index in [0.29, 0.717) is 11.4 Å². The standard InChI is InChI=1S/C24H39ClN3O8P/c1-16(2)19(27-21(30)26-13-23(5,6)31)20(29)28-12-11-24(22(3,4)14-28,35-15-36-37(32,33)34)17-7-9-18(25)10-8-17/h7-10,16,19,31H,11-15H2,1-6H3,(H2,26,27,30)(H2,32,33,34)/t19-,24+/m1/s1. The normalized spacial score (nSPS) is 21.0. The predicted molar refractivity (Wildman–Crippen MR) is 139 cm³/mol. The van der Waals surface area contributed by atoms with Gasteiger partial charge in [-0.3, -0.25) is 9.32 Å². The van der Waals surface area contributed by atoms with Crippen molar-refractivity contribution in [2.75, 3.05) is 26.4 Å². The Morgan fingerprint density at radius 1 is 1.22 bits per heavy atom. The van der Waals surface area contributed by atoms with Crippen LogP contribution in [0.25, 0.3) is 0 Å². The smallest absolute Gasteiger partial charge is 0.389 e. The van der Waals surface area contributed by atoms with Crippen LogP contribution in [-0.2, 0) is 24.2 Å². The van der Waals surface area contributed by atoms with Crippen LogP contribution in [0.3, 0.4) is 0 Å². The number of rotatable bonds is 10. The van der Waals surface area contributed by atoms with Gasteiger partial charge in [0.05, 0.1) is 5.60 Å². The van der Waals surface area contributed by atoms with Crippen molar-refractivity contribution >= 4 is 31.4 Å². The van der Waals surface area contributed by atoms with Crippen LogP contribution >= 0.6 is 19.4 Å². The van der Waals surface area contributed by atoms with E-state index in [0.717, 1.165) is 5.56 Å². The van der Waals surface area contributed by atoms with Gasteiger partial charge in [0.15, 0.2) is 6.79 Å². The zero-order chi connectivity index (χ0) is 28.2. The molecule has 1 aliphatic rings. The van der Waals surface area contributed by atoms with Crippen LogP contribution in [0.1, 0.15) is 53.5 Å². The molecule has 0 spiro atoms. The second-order valence-corrected chi connectivity index (χ2v) is 12.6. The summed E-state index contributed by atoms with van der Waals surface area (Å²) in [6.07, 6.45) is 0.299. The number of carbonyl (C=O) groups is 2. The molecule has 2 rings (SSSR count). The Balaban J connectivity index is 2.26. The number of amides is 3. The summed E-state index contributed by atoms with van der Waals surface area (Å²) in [7, 11) is -4.76. The third-order valence-electron chi connectivity index (χ3n) is 6.46. The number of hydrogen-bond donors (Lipinski definition) is 5. The summed E-state index contributed by atoms with van der Waals surface area (Å²) < 4.78 is 21.9. The van der Waals surface area contributed by atoms with Crippen molar-refractivity contribution in [3.63, 3.8) is 0 Å². The molecule has 0 bridgehead atoms. The lowest BCUT2D eigenvalue weighted by Gasteiger charge is -2.53. The van der Waals surface area contributed by atoms with Gasteiger partial charge >= 0.3 is 13.9 Å². The van der Waals surface area contributed by atoms with E-state index in [1.807, 2.05) is 27.7 Å². The van der Waals surface area contributed by atoms with E-state index in [-0.39, 0.29) is 31.5 Å². The number of phosphoric ester groups is 1. The number of urea groups is 1. The Morgan fingerprint density at radius 3 is 2.30 bits per heavy atom. The summed E-state index contributed by atoms with van der Waals surface area (Å²) in [6, 6.07) is 5.60. The van der Waals surface area contributed by atoms with Gasteiger partial charge in [-0.05, 0) is 43.9 Å². The number of ether oxygens (including phenoxy) is 1. The summed E-state index contributed by atoms with van der Waals surface area (Å²) >= 11 is 6.07. The Hall–Kier alpha value is -1.72. The first-order valence-corrected chi connectivity index (χ1v) is 13.9. The SMILES string of the molecule is CC(C)[C@@H](NC(=O)NCC(C)(C)O)C(=O)N1CC[C@](OCOP(=O)(O)O)(c2ccc(Cl)cc2)C(C)(C)C1. The van der Waals surface area contributed by atoms with Gasteiger partial charge in [0.1, 0.15) is 11.6 Å². The minimum atomic E-state index is -4.76. The molecule has 1 aliphatic heterocycles. The van der Waals surface area contributed by atoms with Crippen LogP contribution in [-0.4, -0.2) is 69.8 Å². The average molecular weight is 564 g/mol. The molecular weight excluding hydrogens is 525 g/mol. The maximum absolute atomic E-state index is 13.5. The Bertz CT molecular complexity index is 993. The number of aliphatic hydroxyl groups is 1. The molecule has 0 radical (unpaired) electrons. The van der Waals surface area contributed by atoms with E-state index in [1.54, 1.807) is 43.0 Å². The van der Waals surface area contributed by atoms with Crippen LogP contribution in [0.2, 0.25) is 5.02 Å². The molecule has 37 heavy (non-hydrogen) atoms. The Labute approximate surface area is 223 Å². The van der Waals surface area contributed by atoms with Gasteiger partial charge in [-0.15, -0.1) is 0 Å². The molecule has 0 saturated carbocycles. The third kappa shape index (κ3) is 8.64. The second-order valence-electron chi connectivity index (χ2n) is 11.0. The highest BCUT2D eigenvalue weighted by molar-refractivity contribution is 7.46. The maximum atomic E-state index is 13.5. The summed E-state index contributed by atoms with van der Waals surface area (Å²) in [5.41, 5.74) is -2.15. The van der Waals surface area contributed by atoms with E-state index < -0.39 is 43.3 Å². The predicted octanol–water partition coefficient (Wildman–Crippen LogP) is 2.97. The van der Waals surface area contributed by atoms with E-state index >= 15 is 0 Å². The Kier molecular flexibility index (Phi) is 10.2. The highest BCUT2D eigenvalue weighted by atomic mass is 35.5. The van der Waals surface area contributed by atoms with Crippen LogP contribution in [0, 0.1) is 11.3 Å². The second kappa shape index (κ2) is 12.0. The van der Waals surface area contributed by atoms with Crippen LogP contribution < -0.4 is 10.6 Å². The van der Waals surface area contributed by atoms with Crippen molar-refractivity contribution in [1.29, 1.82) is 0 Å². The zero-order valence-corrected chi connectivity index (χ0v) is 23.8. The lowest BCUT2D eigenvalue weighted by atomic mass is 9.66. The van der Waals surface area contributed by atoms with Gasteiger partial charge in [-0.25, -0.2) is 9.36 Å². The van der Waals surface area contributed by atoms with E-state index in [2.05, 4.69) is 15.2 Å². The number of nitrogens with zero attached hydrogens (tertiary/aromatic N) is 1. The topological polar surface area (TPSA) is 158 Å². The third-order valence-corrected chi connectivity index (χ3v) is 7.16. The molecule has 0 aromatic heterocycles. The highest BCUT2D eigenvalue weighted by Crippen LogP contribution is 2.50. The monoisotopic (exact) mass is 563 g/mol. The molecule has 1 saturated heterocycles. The molecule has 5 N–H and O–H groups in total. The van der Waals surface area contributed by atoms with Crippen molar-refractivity contribution in [3.8, 4) is 0 Å². The van der Waals surface area contributed by atoms with E-state index in [9.17, 15) is 19.3 Å². The van der Waals surface area contributed by atoms with Crippen molar-refractivity contribution in [3.05, 3.63) is 34.9 Å². The largest absolute Gasteiger partial charge is 0.471 e. The summed E-state index contributed by atoms with van der Waals surface area (Å²) in [5.74, 6) is -0.475. The van der Waals surface area contributed by atoms with Gasteiger partial charge in [0.2, 0.25) is 5.91 Å². The molecule has 11 nitrogen and oxygen atoms in total. The summed E-state index contributed by atoms with van der Waals surface area (Å²) in [4.78, 5) is 45.9. The van der Waals surface area contributed by atoms with Crippen LogP contribution in [0.15, 0.2) is 24.3 Å². The number of likely N-dealkylation sites (tertiary alicyclic amines) is 1. The molecule has 1 aromatic carbocycles. The van der Waals surface area contributed by atoms with Crippen LogP contribution in [0.4, 0.5) is 4.79 Å². The zero-order valence-electron chi connectivity index (χ0n) is 22.2. The molecule has 2 atom stereocenters. The molecule has 13 heteroatoms. The minimum absolute atomic E-state index is 0.0201. The molecular formula is C24H39ClN3O8P. The number of piperidine rings is 1.